The van der Waals surface area contributed by atoms with E-state index in [0.717, 1.165) is 36.3 Å². The zero-order valence-electron chi connectivity index (χ0n) is 9.69. The third kappa shape index (κ3) is 3.01. The number of aromatic amines is 1. The Morgan fingerprint density at radius 1 is 1.41 bits per heavy atom. The number of H-pyrrole nitrogens is 1. The Morgan fingerprint density at radius 2 is 2.24 bits per heavy atom. The second-order valence-electron chi connectivity index (χ2n) is 3.71. The van der Waals surface area contributed by atoms with E-state index in [1.165, 1.54) is 0 Å². The highest BCUT2D eigenvalue weighted by Gasteiger charge is 2.01. The van der Waals surface area contributed by atoms with Gasteiger partial charge >= 0.3 is 0 Å². The highest BCUT2D eigenvalue weighted by molar-refractivity contribution is 7.71. The van der Waals surface area contributed by atoms with Gasteiger partial charge in [-0.1, -0.05) is 12.1 Å². The molecule has 5 heteroatoms. The van der Waals surface area contributed by atoms with E-state index in [2.05, 4.69) is 15.3 Å². The molecule has 1 aromatic heterocycles. The third-order valence-electron chi connectivity index (χ3n) is 2.45. The molecule has 1 aromatic carbocycles. The minimum Gasteiger partial charge on any atom is -0.385 e. The van der Waals surface area contributed by atoms with Crippen LogP contribution in [0.1, 0.15) is 6.42 Å². The number of methoxy groups -OCH3 is 1. The van der Waals surface area contributed by atoms with Crippen LogP contribution >= 0.6 is 12.2 Å². The molecule has 90 valence electrons. The van der Waals surface area contributed by atoms with Crippen LogP contribution in [0, 0.1) is 4.77 Å². The van der Waals surface area contributed by atoms with Gasteiger partial charge in [0.05, 0.1) is 5.52 Å². The number of nitrogens with one attached hydrogen (secondary N) is 2. The minimum atomic E-state index is 0.498. The normalized spacial score (nSPS) is 10.6. The number of benzene rings is 1. The Kier molecular flexibility index (Phi) is 4.06. The molecule has 1 heterocycles. The van der Waals surface area contributed by atoms with Gasteiger partial charge in [0.15, 0.2) is 4.77 Å². The maximum Gasteiger partial charge on any atom is 0.199 e. The first-order valence-corrected chi connectivity index (χ1v) is 5.94. The molecule has 0 aliphatic rings. The average Bonchev–Trinajstić information content (AvgIpc) is 2.34. The van der Waals surface area contributed by atoms with Crippen molar-refractivity contribution in [2.75, 3.05) is 25.6 Å². The van der Waals surface area contributed by atoms with Gasteiger partial charge in [0.2, 0.25) is 0 Å². The summed E-state index contributed by atoms with van der Waals surface area (Å²) in [5.74, 6) is 0.834. The standard InChI is InChI=1S/C12H15N3OS/c1-16-8-4-7-13-11-9-5-2-3-6-10(9)14-12(17)15-11/h2-3,5-6H,4,7-8H2,1H3,(H2,13,14,15,17). The zero-order chi connectivity index (χ0) is 12.1. The quantitative estimate of drug-likeness (QED) is 0.632. The number of hydrogen-bond acceptors (Lipinski definition) is 4. The van der Waals surface area contributed by atoms with Gasteiger partial charge in [0.25, 0.3) is 0 Å². The van der Waals surface area contributed by atoms with Gasteiger partial charge in [-0.2, -0.15) is 0 Å². The molecule has 0 spiro atoms. The van der Waals surface area contributed by atoms with E-state index in [4.69, 9.17) is 17.0 Å². The molecule has 0 saturated carbocycles. The number of para-hydroxylation sites is 1. The lowest BCUT2D eigenvalue weighted by Crippen LogP contribution is -2.07. The van der Waals surface area contributed by atoms with Crippen molar-refractivity contribution in [3.8, 4) is 0 Å². The lowest BCUT2D eigenvalue weighted by molar-refractivity contribution is 0.198. The molecule has 2 aromatic rings. The summed E-state index contributed by atoms with van der Waals surface area (Å²) < 4.78 is 5.50. The minimum absolute atomic E-state index is 0.498. The van der Waals surface area contributed by atoms with Crippen LogP contribution in [-0.4, -0.2) is 30.2 Å². The van der Waals surface area contributed by atoms with Crippen molar-refractivity contribution in [2.24, 2.45) is 0 Å². The molecule has 0 bridgehead atoms. The zero-order valence-corrected chi connectivity index (χ0v) is 10.5. The highest BCUT2D eigenvalue weighted by atomic mass is 32.1. The van der Waals surface area contributed by atoms with Crippen molar-refractivity contribution in [3.63, 3.8) is 0 Å². The van der Waals surface area contributed by atoms with Crippen LogP contribution in [0.25, 0.3) is 10.9 Å². The van der Waals surface area contributed by atoms with Crippen molar-refractivity contribution >= 4 is 28.9 Å². The maximum atomic E-state index is 5.10. The van der Waals surface area contributed by atoms with E-state index in [-0.39, 0.29) is 0 Å². The van der Waals surface area contributed by atoms with Crippen LogP contribution in [0.15, 0.2) is 24.3 Å². The van der Waals surface area contributed by atoms with Crippen molar-refractivity contribution in [1.82, 2.24) is 9.97 Å². The van der Waals surface area contributed by atoms with E-state index in [1.54, 1.807) is 7.11 Å². The van der Waals surface area contributed by atoms with Crippen molar-refractivity contribution in [3.05, 3.63) is 29.0 Å². The average molecular weight is 249 g/mol. The number of rotatable bonds is 5. The van der Waals surface area contributed by atoms with E-state index in [0.29, 0.717) is 4.77 Å². The van der Waals surface area contributed by atoms with Crippen molar-refractivity contribution in [1.29, 1.82) is 0 Å². The topological polar surface area (TPSA) is 49.9 Å². The smallest absolute Gasteiger partial charge is 0.199 e. The van der Waals surface area contributed by atoms with Crippen LogP contribution in [-0.2, 0) is 4.74 Å². The molecule has 0 saturated heterocycles. The van der Waals surface area contributed by atoms with Crippen molar-refractivity contribution in [2.45, 2.75) is 6.42 Å². The van der Waals surface area contributed by atoms with Gasteiger partial charge in [0, 0.05) is 25.6 Å². The van der Waals surface area contributed by atoms with Crippen LogP contribution < -0.4 is 5.32 Å². The molecule has 0 aliphatic carbocycles. The number of hydrogen-bond donors (Lipinski definition) is 2. The van der Waals surface area contributed by atoms with E-state index < -0.39 is 0 Å². The summed E-state index contributed by atoms with van der Waals surface area (Å²) in [4.78, 5) is 7.38. The summed E-state index contributed by atoms with van der Waals surface area (Å²) in [6, 6.07) is 7.98. The highest BCUT2D eigenvalue weighted by Crippen LogP contribution is 2.18. The first kappa shape index (κ1) is 12.0. The van der Waals surface area contributed by atoms with Crippen LogP contribution in [0.3, 0.4) is 0 Å². The predicted octanol–water partition coefficient (Wildman–Crippen LogP) is 2.74. The Balaban J connectivity index is 2.23. The second-order valence-corrected chi connectivity index (χ2v) is 4.10. The Morgan fingerprint density at radius 3 is 3.06 bits per heavy atom. The third-order valence-corrected chi connectivity index (χ3v) is 2.65. The molecule has 0 radical (unpaired) electrons. The van der Waals surface area contributed by atoms with E-state index in [1.807, 2.05) is 24.3 Å². The number of fused-ring (bicyclic) bond motifs is 1. The molecule has 0 aliphatic heterocycles. The molecule has 0 fully saturated rings. The Bertz CT molecular complexity index is 553. The summed E-state index contributed by atoms with van der Waals surface area (Å²) in [5.41, 5.74) is 1.00. The Labute approximate surface area is 105 Å². The van der Waals surface area contributed by atoms with Crippen LogP contribution in [0.2, 0.25) is 0 Å². The SMILES string of the molecule is COCCCNc1nc(=S)[nH]c2ccccc12. The molecule has 0 unspecified atom stereocenters. The van der Waals surface area contributed by atoms with Crippen LogP contribution in [0.5, 0.6) is 0 Å². The largest absolute Gasteiger partial charge is 0.385 e. The molecular weight excluding hydrogens is 234 g/mol. The summed E-state index contributed by atoms with van der Waals surface area (Å²) in [5, 5.41) is 4.34. The second kappa shape index (κ2) is 5.75. The number of aromatic nitrogens is 2. The van der Waals surface area contributed by atoms with Gasteiger partial charge in [-0.05, 0) is 30.8 Å². The fraction of sp³-hybridized carbons (Fsp3) is 0.333. The maximum absolute atomic E-state index is 5.10. The summed E-state index contributed by atoms with van der Waals surface area (Å²) in [6.45, 7) is 1.56. The molecule has 2 N–H and O–H groups in total. The van der Waals surface area contributed by atoms with E-state index >= 15 is 0 Å². The van der Waals surface area contributed by atoms with Gasteiger partial charge in [0.1, 0.15) is 5.82 Å². The van der Waals surface area contributed by atoms with Gasteiger partial charge in [-0.25, -0.2) is 4.98 Å². The van der Waals surface area contributed by atoms with Crippen LogP contribution in [0.4, 0.5) is 5.82 Å². The summed E-state index contributed by atoms with van der Waals surface area (Å²) in [7, 11) is 1.70. The molecule has 0 atom stereocenters. The molecule has 2 rings (SSSR count). The molecular formula is C12H15N3OS. The monoisotopic (exact) mass is 249 g/mol. The fourth-order valence-corrected chi connectivity index (χ4v) is 1.86. The lowest BCUT2D eigenvalue weighted by atomic mass is 10.2. The lowest BCUT2D eigenvalue weighted by Gasteiger charge is -2.08. The van der Waals surface area contributed by atoms with Gasteiger partial charge < -0.3 is 15.0 Å². The van der Waals surface area contributed by atoms with Crippen molar-refractivity contribution < 1.29 is 4.74 Å². The van der Waals surface area contributed by atoms with E-state index in [9.17, 15) is 0 Å². The summed E-state index contributed by atoms with van der Waals surface area (Å²) in [6.07, 6.45) is 0.942. The Hall–Kier alpha value is -1.46. The molecule has 0 amide bonds. The number of anilines is 1. The number of ether oxygens (including phenoxy) is 1. The van der Waals surface area contributed by atoms with Gasteiger partial charge in [-0.3, -0.25) is 0 Å². The predicted molar refractivity (Wildman–Crippen MR) is 71.9 cm³/mol. The molecule has 4 nitrogen and oxygen atoms in total. The first-order chi connectivity index (χ1) is 8.31. The van der Waals surface area contributed by atoms with Gasteiger partial charge in [-0.15, -0.1) is 0 Å². The number of nitrogens with zero attached hydrogens (tertiary/aromatic N) is 1. The fourth-order valence-electron chi connectivity index (χ4n) is 1.66. The first-order valence-electron chi connectivity index (χ1n) is 5.53. The molecule has 17 heavy (non-hydrogen) atoms. The summed E-state index contributed by atoms with van der Waals surface area (Å²) >= 11 is 5.10.